The first-order valence-electron chi connectivity index (χ1n) is 9.58. The van der Waals surface area contributed by atoms with Gasteiger partial charge in [0.1, 0.15) is 5.76 Å². The molecule has 0 spiro atoms. The molecule has 2 aromatic rings. The summed E-state index contributed by atoms with van der Waals surface area (Å²) < 4.78 is 10.5. The largest absolute Gasteiger partial charge is 0.468 e. The minimum Gasteiger partial charge on any atom is -0.468 e. The van der Waals surface area contributed by atoms with Gasteiger partial charge in [-0.1, -0.05) is 23.8 Å². The van der Waals surface area contributed by atoms with Gasteiger partial charge in [-0.3, -0.25) is 4.79 Å². The highest BCUT2D eigenvalue weighted by molar-refractivity contribution is 7.98. The van der Waals surface area contributed by atoms with Crippen LogP contribution in [0.25, 0.3) is 0 Å². The van der Waals surface area contributed by atoms with Crippen LogP contribution in [0.4, 0.5) is 0 Å². The molecule has 0 aliphatic heterocycles. The molecule has 0 fully saturated rings. The predicted molar refractivity (Wildman–Crippen MR) is 109 cm³/mol. The zero-order valence-corrected chi connectivity index (χ0v) is 16.6. The minimum atomic E-state index is -0.493. The van der Waals surface area contributed by atoms with E-state index in [2.05, 4.69) is 11.4 Å². The second kappa shape index (κ2) is 10.8. The van der Waals surface area contributed by atoms with Crippen LogP contribution in [0, 0.1) is 0 Å². The van der Waals surface area contributed by atoms with Gasteiger partial charge in [0.05, 0.1) is 17.6 Å². The maximum atomic E-state index is 12.4. The summed E-state index contributed by atoms with van der Waals surface area (Å²) in [4.78, 5) is 25.2. The Morgan fingerprint density at radius 2 is 2.04 bits per heavy atom. The molecular formula is C22H25NO4S. The third kappa shape index (κ3) is 6.30. The van der Waals surface area contributed by atoms with Crippen LogP contribution in [-0.2, 0) is 15.3 Å². The van der Waals surface area contributed by atoms with Gasteiger partial charge in [-0.15, -0.1) is 11.8 Å². The van der Waals surface area contributed by atoms with Crippen LogP contribution in [0.2, 0.25) is 0 Å². The van der Waals surface area contributed by atoms with Crippen LogP contribution in [0.5, 0.6) is 0 Å². The third-order valence-corrected chi connectivity index (χ3v) is 5.64. The molecule has 0 saturated carbocycles. The van der Waals surface area contributed by atoms with E-state index in [0.717, 1.165) is 29.9 Å². The second-order valence-corrected chi connectivity index (χ2v) is 7.67. The SMILES string of the molecule is O=C(COC(=O)c1ccccc1SCc1ccco1)NCCC1=CCCCC1. The number of hydrogen-bond acceptors (Lipinski definition) is 5. The summed E-state index contributed by atoms with van der Waals surface area (Å²) in [6, 6.07) is 10.9. The van der Waals surface area contributed by atoms with Gasteiger partial charge in [-0.05, 0) is 56.4 Å². The quantitative estimate of drug-likeness (QED) is 0.375. The highest BCUT2D eigenvalue weighted by Crippen LogP contribution is 2.27. The van der Waals surface area contributed by atoms with Crippen LogP contribution in [0.3, 0.4) is 0 Å². The van der Waals surface area contributed by atoms with E-state index < -0.39 is 5.97 Å². The second-order valence-electron chi connectivity index (χ2n) is 6.65. The number of thioether (sulfide) groups is 1. The number of carbonyl (C=O) groups is 2. The summed E-state index contributed by atoms with van der Waals surface area (Å²) >= 11 is 1.50. The Bertz CT molecular complexity index is 814. The molecule has 148 valence electrons. The molecule has 1 amide bonds. The van der Waals surface area contributed by atoms with Crippen molar-refractivity contribution in [1.29, 1.82) is 0 Å². The Labute approximate surface area is 169 Å². The molecule has 28 heavy (non-hydrogen) atoms. The summed E-state index contributed by atoms with van der Waals surface area (Å²) in [5.74, 6) is 0.687. The molecule has 0 bridgehead atoms. The normalized spacial score (nSPS) is 13.6. The molecule has 0 saturated heterocycles. The third-order valence-electron chi connectivity index (χ3n) is 4.54. The predicted octanol–water partition coefficient (Wildman–Crippen LogP) is 4.74. The maximum absolute atomic E-state index is 12.4. The lowest BCUT2D eigenvalue weighted by Gasteiger charge is -2.13. The lowest BCUT2D eigenvalue weighted by Crippen LogP contribution is -2.30. The molecule has 1 aliphatic carbocycles. The highest BCUT2D eigenvalue weighted by Gasteiger charge is 2.15. The topological polar surface area (TPSA) is 68.5 Å². The number of furan rings is 1. The maximum Gasteiger partial charge on any atom is 0.339 e. The fourth-order valence-corrected chi connectivity index (χ4v) is 4.00. The standard InChI is InChI=1S/C22H25NO4S/c24-21(23-13-12-17-7-2-1-3-8-17)15-27-22(25)19-10-4-5-11-20(19)28-16-18-9-6-14-26-18/h4-7,9-11,14H,1-3,8,12-13,15-16H2,(H,23,24). The number of ether oxygens (including phenoxy) is 1. The number of amides is 1. The first kappa shape index (κ1) is 20.3. The summed E-state index contributed by atoms with van der Waals surface area (Å²) in [6.45, 7) is 0.312. The molecule has 5 nitrogen and oxygen atoms in total. The van der Waals surface area contributed by atoms with Crippen LogP contribution in [0.1, 0.15) is 48.2 Å². The number of benzene rings is 1. The molecule has 1 aromatic heterocycles. The molecule has 1 heterocycles. The van der Waals surface area contributed by atoms with Crippen molar-refractivity contribution in [2.24, 2.45) is 0 Å². The van der Waals surface area contributed by atoms with Gasteiger partial charge in [0.15, 0.2) is 6.61 Å². The van der Waals surface area contributed by atoms with E-state index in [1.807, 2.05) is 24.3 Å². The number of allylic oxidation sites excluding steroid dienone is 1. The van der Waals surface area contributed by atoms with Crippen molar-refractivity contribution >= 4 is 23.6 Å². The Morgan fingerprint density at radius 1 is 1.14 bits per heavy atom. The molecule has 1 aromatic carbocycles. The molecule has 0 atom stereocenters. The average Bonchev–Trinajstić information content (AvgIpc) is 3.25. The Morgan fingerprint density at radius 3 is 2.82 bits per heavy atom. The van der Waals surface area contributed by atoms with Gasteiger partial charge < -0.3 is 14.5 Å². The van der Waals surface area contributed by atoms with E-state index in [4.69, 9.17) is 9.15 Å². The number of hydrogen-bond donors (Lipinski definition) is 1. The van der Waals surface area contributed by atoms with Crippen molar-refractivity contribution in [3.05, 3.63) is 65.6 Å². The fourth-order valence-electron chi connectivity index (χ4n) is 3.06. The number of rotatable bonds is 9. The van der Waals surface area contributed by atoms with E-state index in [1.54, 1.807) is 18.4 Å². The van der Waals surface area contributed by atoms with Crippen LogP contribution in [-0.4, -0.2) is 25.0 Å². The highest BCUT2D eigenvalue weighted by atomic mass is 32.2. The summed E-state index contributed by atoms with van der Waals surface area (Å²) in [6.07, 6.45) is 9.51. The fraction of sp³-hybridized carbons (Fsp3) is 0.364. The van der Waals surface area contributed by atoms with Gasteiger partial charge in [0.25, 0.3) is 5.91 Å². The van der Waals surface area contributed by atoms with Crippen molar-refractivity contribution in [3.8, 4) is 0 Å². The van der Waals surface area contributed by atoms with E-state index in [0.29, 0.717) is 17.9 Å². The summed E-state index contributed by atoms with van der Waals surface area (Å²) in [5.41, 5.74) is 1.87. The van der Waals surface area contributed by atoms with E-state index in [1.165, 1.54) is 30.2 Å². The molecule has 1 N–H and O–H groups in total. The smallest absolute Gasteiger partial charge is 0.339 e. The minimum absolute atomic E-state index is 0.269. The van der Waals surface area contributed by atoms with Crippen LogP contribution in [0.15, 0.2) is 63.6 Å². The van der Waals surface area contributed by atoms with Crippen molar-refractivity contribution in [3.63, 3.8) is 0 Å². The van der Waals surface area contributed by atoms with Gasteiger partial charge in [0.2, 0.25) is 0 Å². The lowest BCUT2D eigenvalue weighted by molar-refractivity contribution is -0.124. The van der Waals surface area contributed by atoms with Gasteiger partial charge in [-0.25, -0.2) is 4.79 Å². The van der Waals surface area contributed by atoms with Crippen LogP contribution >= 0.6 is 11.8 Å². The number of esters is 1. The molecule has 1 aliphatic rings. The Balaban J connectivity index is 1.43. The van der Waals surface area contributed by atoms with Gasteiger partial charge >= 0.3 is 5.97 Å². The van der Waals surface area contributed by atoms with Gasteiger partial charge in [0, 0.05) is 11.4 Å². The molecular weight excluding hydrogens is 374 g/mol. The van der Waals surface area contributed by atoms with Crippen molar-refractivity contribution in [2.45, 2.75) is 42.8 Å². The Hall–Kier alpha value is -2.47. The first-order chi connectivity index (χ1) is 13.7. The zero-order chi connectivity index (χ0) is 19.6. The van der Waals surface area contributed by atoms with Crippen molar-refractivity contribution in [1.82, 2.24) is 5.32 Å². The molecule has 6 heteroatoms. The van der Waals surface area contributed by atoms with E-state index >= 15 is 0 Å². The monoisotopic (exact) mass is 399 g/mol. The Kier molecular flexibility index (Phi) is 7.79. The van der Waals surface area contributed by atoms with E-state index in [9.17, 15) is 9.59 Å². The molecule has 3 rings (SSSR count). The molecule has 0 unspecified atom stereocenters. The van der Waals surface area contributed by atoms with Gasteiger partial charge in [-0.2, -0.15) is 0 Å². The zero-order valence-electron chi connectivity index (χ0n) is 15.8. The number of nitrogens with one attached hydrogen (secondary N) is 1. The van der Waals surface area contributed by atoms with Crippen LogP contribution < -0.4 is 5.32 Å². The summed E-state index contributed by atoms with van der Waals surface area (Å²) in [7, 11) is 0. The molecule has 0 radical (unpaired) electrons. The number of carbonyl (C=O) groups excluding carboxylic acids is 2. The lowest BCUT2D eigenvalue weighted by atomic mass is 9.97. The van der Waals surface area contributed by atoms with Crippen molar-refractivity contribution < 1.29 is 18.7 Å². The summed E-state index contributed by atoms with van der Waals surface area (Å²) in [5, 5.41) is 2.82. The average molecular weight is 400 g/mol. The van der Waals surface area contributed by atoms with E-state index in [-0.39, 0.29) is 12.5 Å². The first-order valence-corrected chi connectivity index (χ1v) is 10.6. The van der Waals surface area contributed by atoms with Crippen molar-refractivity contribution in [2.75, 3.05) is 13.2 Å².